The van der Waals surface area contributed by atoms with Gasteiger partial charge in [0.1, 0.15) is 6.04 Å². The summed E-state index contributed by atoms with van der Waals surface area (Å²) in [6.45, 7) is 0. The zero-order chi connectivity index (χ0) is 13.9. The first kappa shape index (κ1) is 12.9. The molecular formula is C17H18N2O. The number of amides is 1. The minimum atomic E-state index is -0.321. The fourth-order valence-electron chi connectivity index (χ4n) is 3.40. The molecule has 3 nitrogen and oxygen atoms in total. The number of benzene rings is 1. The van der Waals surface area contributed by atoms with E-state index in [2.05, 4.69) is 12.1 Å². The summed E-state index contributed by atoms with van der Waals surface area (Å²) in [5.41, 5.74) is 0.645. The monoisotopic (exact) mass is 266 g/mol. The van der Waals surface area contributed by atoms with E-state index in [1.807, 2.05) is 24.4 Å². The molecule has 0 saturated heterocycles. The Bertz CT molecular complexity index is 558. The Morgan fingerprint density at radius 2 is 1.95 bits per heavy atom. The Morgan fingerprint density at radius 1 is 1.20 bits per heavy atom. The van der Waals surface area contributed by atoms with Gasteiger partial charge < -0.3 is 0 Å². The van der Waals surface area contributed by atoms with Crippen LogP contribution in [0, 0.1) is 23.2 Å². The average Bonchev–Trinajstić information content (AvgIpc) is 2.54. The molecule has 1 aromatic carbocycles. The summed E-state index contributed by atoms with van der Waals surface area (Å²) < 4.78 is 0. The first-order valence-corrected chi connectivity index (χ1v) is 7.27. The molecule has 0 bridgehead atoms. The molecule has 0 spiro atoms. The van der Waals surface area contributed by atoms with Crippen LogP contribution in [0.2, 0.25) is 0 Å². The van der Waals surface area contributed by atoms with Crippen molar-refractivity contribution in [3.05, 3.63) is 48.2 Å². The predicted octanol–water partition coefficient (Wildman–Crippen LogP) is 3.35. The number of nitriles is 1. The van der Waals surface area contributed by atoms with Crippen LogP contribution in [-0.4, -0.2) is 16.8 Å². The van der Waals surface area contributed by atoms with E-state index in [1.165, 1.54) is 12.8 Å². The molecule has 2 aliphatic rings. The van der Waals surface area contributed by atoms with Crippen molar-refractivity contribution in [2.45, 2.75) is 31.7 Å². The van der Waals surface area contributed by atoms with Crippen LogP contribution in [0.25, 0.3) is 0 Å². The summed E-state index contributed by atoms with van der Waals surface area (Å²) in [4.78, 5) is 14.2. The average molecular weight is 266 g/mol. The van der Waals surface area contributed by atoms with Gasteiger partial charge in [-0.1, -0.05) is 37.1 Å². The Morgan fingerprint density at radius 3 is 2.70 bits per heavy atom. The van der Waals surface area contributed by atoms with Gasteiger partial charge in [-0.05, 0) is 36.8 Å². The molecule has 3 heteroatoms. The number of fused-ring (bicyclic) bond motifs is 1. The first-order valence-electron chi connectivity index (χ1n) is 7.27. The van der Waals surface area contributed by atoms with Gasteiger partial charge >= 0.3 is 0 Å². The Balaban J connectivity index is 1.89. The van der Waals surface area contributed by atoms with Crippen LogP contribution < -0.4 is 0 Å². The number of allylic oxidation sites excluding steroid dienone is 1. The van der Waals surface area contributed by atoms with Crippen LogP contribution in [-0.2, 0) is 0 Å². The highest BCUT2D eigenvalue weighted by Gasteiger charge is 2.38. The van der Waals surface area contributed by atoms with Crippen molar-refractivity contribution in [3.63, 3.8) is 0 Å². The maximum absolute atomic E-state index is 12.6. The van der Waals surface area contributed by atoms with Gasteiger partial charge in [0.25, 0.3) is 5.91 Å². The molecule has 1 aromatic rings. The normalized spacial score (nSPS) is 28.6. The third kappa shape index (κ3) is 2.22. The van der Waals surface area contributed by atoms with Gasteiger partial charge in [-0.25, -0.2) is 0 Å². The molecule has 0 radical (unpaired) electrons. The number of rotatable bonds is 1. The molecule has 3 rings (SSSR count). The maximum Gasteiger partial charge on any atom is 0.258 e. The lowest BCUT2D eigenvalue weighted by Gasteiger charge is -2.40. The van der Waals surface area contributed by atoms with Gasteiger partial charge in [-0.15, -0.1) is 0 Å². The largest absolute Gasteiger partial charge is 0.298 e. The molecule has 1 aliphatic carbocycles. The van der Waals surface area contributed by atoms with Crippen molar-refractivity contribution in [1.82, 2.24) is 4.90 Å². The molecule has 1 amide bonds. The third-order valence-corrected chi connectivity index (χ3v) is 4.46. The summed E-state index contributed by atoms with van der Waals surface area (Å²) in [6.07, 6.45) is 8.55. The molecule has 1 saturated carbocycles. The maximum atomic E-state index is 12.6. The fourth-order valence-corrected chi connectivity index (χ4v) is 3.40. The molecule has 0 N–H and O–H groups in total. The second kappa shape index (κ2) is 5.50. The van der Waals surface area contributed by atoms with Crippen molar-refractivity contribution in [1.29, 1.82) is 5.26 Å². The smallest absolute Gasteiger partial charge is 0.258 e. The van der Waals surface area contributed by atoms with Crippen molar-refractivity contribution in [2.24, 2.45) is 11.8 Å². The second-order valence-electron chi connectivity index (χ2n) is 5.61. The van der Waals surface area contributed by atoms with E-state index in [0.29, 0.717) is 17.4 Å². The van der Waals surface area contributed by atoms with E-state index in [9.17, 15) is 10.1 Å². The summed E-state index contributed by atoms with van der Waals surface area (Å²) in [6, 6.07) is 11.2. The van der Waals surface area contributed by atoms with Crippen LogP contribution >= 0.6 is 0 Å². The van der Waals surface area contributed by atoms with Gasteiger partial charge in [-0.3, -0.25) is 9.69 Å². The molecule has 1 heterocycles. The van der Waals surface area contributed by atoms with Crippen molar-refractivity contribution >= 4 is 5.91 Å². The van der Waals surface area contributed by atoms with E-state index < -0.39 is 0 Å². The molecule has 20 heavy (non-hydrogen) atoms. The number of carbonyl (C=O) groups excluding carboxylic acids is 1. The van der Waals surface area contributed by atoms with E-state index in [1.54, 1.807) is 17.0 Å². The Labute approximate surface area is 119 Å². The van der Waals surface area contributed by atoms with E-state index in [0.717, 1.165) is 12.8 Å². The summed E-state index contributed by atoms with van der Waals surface area (Å²) in [7, 11) is 0. The van der Waals surface area contributed by atoms with Gasteiger partial charge in [0.15, 0.2) is 0 Å². The summed E-state index contributed by atoms with van der Waals surface area (Å²) in [5.74, 6) is 0.692. The number of hydrogen-bond donors (Lipinski definition) is 0. The topological polar surface area (TPSA) is 44.1 Å². The Kier molecular flexibility index (Phi) is 3.56. The lowest BCUT2D eigenvalue weighted by Crippen LogP contribution is -2.46. The van der Waals surface area contributed by atoms with E-state index in [4.69, 9.17) is 0 Å². The minimum absolute atomic E-state index is 0.0718. The number of nitrogens with zero attached hydrogens (tertiary/aromatic N) is 2. The molecule has 3 atom stereocenters. The standard InChI is InChI=1S/C17H18N2O/c18-12-16-15-9-5-4-6-13(15)10-11-19(16)17(20)14-7-2-1-3-8-14/h1-3,7-8,10-11,13,15-16H,4-6,9H2/t13-,15-,16+/m1/s1. The highest BCUT2D eigenvalue weighted by atomic mass is 16.2. The molecule has 102 valence electrons. The zero-order valence-corrected chi connectivity index (χ0v) is 11.4. The second-order valence-corrected chi connectivity index (χ2v) is 5.61. The van der Waals surface area contributed by atoms with Gasteiger partial charge in [0.05, 0.1) is 6.07 Å². The van der Waals surface area contributed by atoms with Gasteiger partial charge in [-0.2, -0.15) is 5.26 Å². The van der Waals surface area contributed by atoms with Crippen LogP contribution in [0.15, 0.2) is 42.6 Å². The molecule has 0 aromatic heterocycles. The molecular weight excluding hydrogens is 248 g/mol. The first-order chi connectivity index (χ1) is 9.81. The molecule has 1 aliphatic heterocycles. The van der Waals surface area contributed by atoms with E-state index >= 15 is 0 Å². The van der Waals surface area contributed by atoms with E-state index in [-0.39, 0.29) is 11.9 Å². The van der Waals surface area contributed by atoms with Crippen molar-refractivity contribution < 1.29 is 4.79 Å². The van der Waals surface area contributed by atoms with Crippen LogP contribution in [0.3, 0.4) is 0 Å². The minimum Gasteiger partial charge on any atom is -0.298 e. The predicted molar refractivity (Wildman–Crippen MR) is 76.6 cm³/mol. The third-order valence-electron chi connectivity index (χ3n) is 4.46. The highest BCUT2D eigenvalue weighted by molar-refractivity contribution is 5.95. The van der Waals surface area contributed by atoms with Crippen LogP contribution in [0.4, 0.5) is 0 Å². The number of carbonyl (C=O) groups is 1. The highest BCUT2D eigenvalue weighted by Crippen LogP contribution is 2.38. The SMILES string of the molecule is N#C[C@H]1[C@@H]2CCCC[C@@H]2C=CN1C(=O)c1ccccc1. The van der Waals surface area contributed by atoms with Crippen molar-refractivity contribution in [2.75, 3.05) is 0 Å². The molecule has 0 unspecified atom stereocenters. The van der Waals surface area contributed by atoms with Crippen LogP contribution in [0.1, 0.15) is 36.0 Å². The summed E-state index contributed by atoms with van der Waals surface area (Å²) in [5, 5.41) is 9.52. The quantitative estimate of drug-likeness (QED) is 0.782. The summed E-state index contributed by atoms with van der Waals surface area (Å²) >= 11 is 0. The van der Waals surface area contributed by atoms with Crippen molar-refractivity contribution in [3.8, 4) is 6.07 Å². The van der Waals surface area contributed by atoms with Gasteiger partial charge in [0.2, 0.25) is 0 Å². The molecule has 1 fully saturated rings. The van der Waals surface area contributed by atoms with Crippen LogP contribution in [0.5, 0.6) is 0 Å². The lowest BCUT2D eigenvalue weighted by molar-refractivity contribution is 0.0687. The number of hydrogen-bond acceptors (Lipinski definition) is 2. The lowest BCUT2D eigenvalue weighted by atomic mass is 9.73. The Hall–Kier alpha value is -2.08. The zero-order valence-electron chi connectivity index (χ0n) is 11.4. The van der Waals surface area contributed by atoms with Gasteiger partial charge in [0, 0.05) is 11.8 Å². The fraction of sp³-hybridized carbons (Fsp3) is 0.412.